The minimum absolute atomic E-state index is 0.0245. The molecule has 0 aliphatic rings. The lowest BCUT2D eigenvalue weighted by Crippen LogP contribution is -2.23. The number of ether oxygens (including phenoxy) is 3. The SMILES string of the molecule is CCOC(=O)Cc1ccc(Cl)c(Oc2cccc3[nH]cc(C(=O)OC(C)(C)C)c23)c1F. The summed E-state index contributed by atoms with van der Waals surface area (Å²) in [4.78, 5) is 27.4. The maximum absolute atomic E-state index is 15.1. The summed E-state index contributed by atoms with van der Waals surface area (Å²) in [7, 11) is 0. The summed E-state index contributed by atoms with van der Waals surface area (Å²) in [5.41, 5.74) is 0.261. The molecule has 2 aromatic carbocycles. The zero-order valence-electron chi connectivity index (χ0n) is 17.7. The smallest absolute Gasteiger partial charge is 0.340 e. The van der Waals surface area contributed by atoms with Crippen LogP contribution in [0.4, 0.5) is 4.39 Å². The monoisotopic (exact) mass is 447 g/mol. The Balaban J connectivity index is 2.01. The van der Waals surface area contributed by atoms with Crippen LogP contribution in [-0.4, -0.2) is 29.1 Å². The molecule has 0 bridgehead atoms. The third-order valence-electron chi connectivity index (χ3n) is 4.27. The molecule has 0 aliphatic carbocycles. The summed E-state index contributed by atoms with van der Waals surface area (Å²) in [6.45, 7) is 7.16. The van der Waals surface area contributed by atoms with Gasteiger partial charge in [-0.3, -0.25) is 4.79 Å². The van der Waals surface area contributed by atoms with Gasteiger partial charge in [0.1, 0.15) is 11.4 Å². The van der Waals surface area contributed by atoms with Crippen LogP contribution in [0.5, 0.6) is 11.5 Å². The minimum atomic E-state index is -0.771. The predicted molar refractivity (Wildman–Crippen MR) is 115 cm³/mol. The highest BCUT2D eigenvalue weighted by Crippen LogP contribution is 2.38. The third-order valence-corrected chi connectivity index (χ3v) is 4.57. The molecule has 0 unspecified atom stereocenters. The molecule has 0 aliphatic heterocycles. The first-order valence-corrected chi connectivity index (χ1v) is 10.1. The van der Waals surface area contributed by atoms with Gasteiger partial charge in [0, 0.05) is 11.8 Å². The van der Waals surface area contributed by atoms with Crippen molar-refractivity contribution in [1.82, 2.24) is 4.98 Å². The number of rotatable bonds is 6. The quantitative estimate of drug-likeness (QED) is 0.482. The van der Waals surface area contributed by atoms with Crippen LogP contribution in [0.25, 0.3) is 10.9 Å². The zero-order chi connectivity index (χ0) is 22.8. The van der Waals surface area contributed by atoms with Crippen LogP contribution in [0.1, 0.15) is 43.6 Å². The average molecular weight is 448 g/mol. The lowest BCUT2D eigenvalue weighted by atomic mass is 10.1. The summed E-state index contributed by atoms with van der Waals surface area (Å²) < 4.78 is 31.3. The normalized spacial score (nSPS) is 11.4. The molecule has 0 fully saturated rings. The molecule has 1 N–H and O–H groups in total. The number of benzene rings is 2. The number of hydrogen-bond acceptors (Lipinski definition) is 5. The molecule has 0 atom stereocenters. The lowest BCUT2D eigenvalue weighted by molar-refractivity contribution is -0.142. The van der Waals surface area contributed by atoms with Gasteiger partial charge in [0.05, 0.1) is 34.5 Å². The van der Waals surface area contributed by atoms with E-state index in [0.717, 1.165) is 0 Å². The summed E-state index contributed by atoms with van der Waals surface area (Å²) in [6, 6.07) is 7.90. The maximum atomic E-state index is 15.1. The van der Waals surface area contributed by atoms with Crippen molar-refractivity contribution < 1.29 is 28.2 Å². The Morgan fingerprint density at radius 2 is 1.90 bits per heavy atom. The highest BCUT2D eigenvalue weighted by Gasteiger charge is 2.24. The first-order valence-electron chi connectivity index (χ1n) is 9.74. The van der Waals surface area contributed by atoms with Crippen LogP contribution < -0.4 is 4.74 Å². The van der Waals surface area contributed by atoms with Crippen molar-refractivity contribution in [1.29, 1.82) is 0 Å². The fourth-order valence-electron chi connectivity index (χ4n) is 3.01. The average Bonchev–Trinajstić information content (AvgIpc) is 3.11. The standard InChI is InChI=1S/C23H23ClFNO5/c1-5-29-18(27)11-13-9-10-15(24)21(20(13)25)30-17-8-6-7-16-19(17)14(12-26-16)22(28)31-23(2,3)4/h6-10,12,26H,5,11H2,1-4H3. The van der Waals surface area contributed by atoms with Crippen LogP contribution in [0.15, 0.2) is 36.5 Å². The van der Waals surface area contributed by atoms with Crippen LogP contribution in [0.3, 0.4) is 0 Å². The van der Waals surface area contributed by atoms with Gasteiger partial charge in [0.2, 0.25) is 0 Å². The van der Waals surface area contributed by atoms with E-state index in [9.17, 15) is 9.59 Å². The van der Waals surface area contributed by atoms with E-state index in [1.165, 1.54) is 18.3 Å². The van der Waals surface area contributed by atoms with E-state index in [1.54, 1.807) is 45.9 Å². The molecule has 6 nitrogen and oxygen atoms in total. The van der Waals surface area contributed by atoms with Crippen molar-refractivity contribution in [3.8, 4) is 11.5 Å². The van der Waals surface area contributed by atoms with Gasteiger partial charge in [0.15, 0.2) is 11.6 Å². The fourth-order valence-corrected chi connectivity index (χ4v) is 3.20. The minimum Gasteiger partial charge on any atom is -0.466 e. The van der Waals surface area contributed by atoms with Gasteiger partial charge in [-0.1, -0.05) is 23.7 Å². The van der Waals surface area contributed by atoms with Crippen molar-refractivity contribution in [2.45, 2.75) is 39.7 Å². The topological polar surface area (TPSA) is 77.6 Å². The molecule has 31 heavy (non-hydrogen) atoms. The van der Waals surface area contributed by atoms with Gasteiger partial charge in [-0.15, -0.1) is 0 Å². The Labute approximate surface area is 184 Å². The Morgan fingerprint density at radius 1 is 1.16 bits per heavy atom. The van der Waals surface area contributed by atoms with Gasteiger partial charge in [0.25, 0.3) is 0 Å². The number of H-pyrrole nitrogens is 1. The van der Waals surface area contributed by atoms with Gasteiger partial charge >= 0.3 is 11.9 Å². The molecule has 0 amide bonds. The summed E-state index contributed by atoms with van der Waals surface area (Å²) in [5.74, 6) is -1.90. The number of hydrogen-bond donors (Lipinski definition) is 1. The van der Waals surface area contributed by atoms with E-state index in [4.69, 9.17) is 25.8 Å². The second-order valence-electron chi connectivity index (χ2n) is 7.82. The molecule has 0 radical (unpaired) electrons. The molecule has 0 spiro atoms. The Hall–Kier alpha value is -3.06. The number of fused-ring (bicyclic) bond motifs is 1. The predicted octanol–water partition coefficient (Wildman–Crippen LogP) is 5.81. The Bertz CT molecular complexity index is 1130. The second kappa shape index (κ2) is 8.98. The molecule has 8 heteroatoms. The van der Waals surface area contributed by atoms with Crippen molar-refractivity contribution >= 4 is 34.4 Å². The number of aromatic amines is 1. The first kappa shape index (κ1) is 22.6. The van der Waals surface area contributed by atoms with Crippen molar-refractivity contribution in [3.63, 3.8) is 0 Å². The van der Waals surface area contributed by atoms with Crippen LogP contribution in [-0.2, 0) is 20.7 Å². The highest BCUT2D eigenvalue weighted by atomic mass is 35.5. The van der Waals surface area contributed by atoms with Gasteiger partial charge < -0.3 is 19.2 Å². The number of aromatic nitrogens is 1. The van der Waals surface area contributed by atoms with E-state index in [-0.39, 0.29) is 40.7 Å². The van der Waals surface area contributed by atoms with E-state index < -0.39 is 23.4 Å². The molecular weight excluding hydrogens is 425 g/mol. The van der Waals surface area contributed by atoms with Crippen molar-refractivity contribution in [3.05, 3.63) is 58.5 Å². The number of carbonyl (C=O) groups is 2. The number of halogens is 2. The largest absolute Gasteiger partial charge is 0.466 e. The highest BCUT2D eigenvalue weighted by molar-refractivity contribution is 6.32. The second-order valence-corrected chi connectivity index (χ2v) is 8.22. The number of esters is 2. The van der Waals surface area contributed by atoms with E-state index in [1.807, 2.05) is 0 Å². The van der Waals surface area contributed by atoms with Crippen molar-refractivity contribution in [2.75, 3.05) is 6.61 Å². The van der Waals surface area contributed by atoms with Crippen LogP contribution in [0.2, 0.25) is 5.02 Å². The molecule has 0 saturated carbocycles. The molecular formula is C23H23ClFNO5. The molecule has 1 heterocycles. The molecule has 164 valence electrons. The lowest BCUT2D eigenvalue weighted by Gasteiger charge is -2.19. The van der Waals surface area contributed by atoms with Crippen LogP contribution >= 0.6 is 11.6 Å². The van der Waals surface area contributed by atoms with Crippen molar-refractivity contribution in [2.24, 2.45) is 0 Å². The number of nitrogens with one attached hydrogen (secondary N) is 1. The van der Waals surface area contributed by atoms with E-state index in [0.29, 0.717) is 10.9 Å². The summed E-state index contributed by atoms with van der Waals surface area (Å²) >= 11 is 6.18. The third kappa shape index (κ3) is 5.17. The van der Waals surface area contributed by atoms with Gasteiger partial charge in [-0.2, -0.15) is 0 Å². The molecule has 3 aromatic rings. The molecule has 3 rings (SSSR count). The first-order chi connectivity index (χ1) is 14.6. The summed E-state index contributed by atoms with van der Waals surface area (Å²) in [5, 5.41) is 0.458. The Morgan fingerprint density at radius 3 is 2.58 bits per heavy atom. The zero-order valence-corrected chi connectivity index (χ0v) is 18.4. The summed E-state index contributed by atoms with van der Waals surface area (Å²) in [6.07, 6.45) is 1.26. The van der Waals surface area contributed by atoms with E-state index >= 15 is 4.39 Å². The molecule has 1 aromatic heterocycles. The Kier molecular flexibility index (Phi) is 6.55. The fraction of sp³-hybridized carbons (Fsp3) is 0.304. The van der Waals surface area contributed by atoms with Crippen LogP contribution in [0, 0.1) is 5.82 Å². The van der Waals surface area contributed by atoms with Gasteiger partial charge in [-0.25, -0.2) is 9.18 Å². The van der Waals surface area contributed by atoms with E-state index in [2.05, 4.69) is 4.98 Å². The number of carbonyl (C=O) groups excluding carboxylic acids is 2. The maximum Gasteiger partial charge on any atom is 0.340 e. The van der Waals surface area contributed by atoms with Gasteiger partial charge in [-0.05, 0) is 45.9 Å². The molecule has 0 saturated heterocycles.